The van der Waals surface area contributed by atoms with Gasteiger partial charge in [0, 0.05) is 30.4 Å². The summed E-state index contributed by atoms with van der Waals surface area (Å²) in [6.07, 6.45) is 1.53. The van der Waals surface area contributed by atoms with E-state index in [2.05, 4.69) is 20.6 Å². The van der Waals surface area contributed by atoms with Gasteiger partial charge in [-0.2, -0.15) is 4.98 Å². The summed E-state index contributed by atoms with van der Waals surface area (Å²) in [6, 6.07) is 1.35. The van der Waals surface area contributed by atoms with Gasteiger partial charge in [0.15, 0.2) is 11.6 Å². The van der Waals surface area contributed by atoms with Crippen LogP contribution >= 0.6 is 0 Å². The normalized spacial score (nSPS) is 10.4. The van der Waals surface area contributed by atoms with E-state index in [4.69, 9.17) is 0 Å². The molecular formula is C13H13F3N4. The van der Waals surface area contributed by atoms with Crippen LogP contribution in [0.25, 0.3) is 0 Å². The second-order valence-electron chi connectivity index (χ2n) is 4.13. The SMILES string of the molecule is CCNc1ncc(C)c(Nc2cc(F)cc(F)c2F)n1. The van der Waals surface area contributed by atoms with Gasteiger partial charge in [0.25, 0.3) is 0 Å². The van der Waals surface area contributed by atoms with Crippen LogP contribution in [0.1, 0.15) is 12.5 Å². The van der Waals surface area contributed by atoms with E-state index < -0.39 is 17.5 Å². The lowest BCUT2D eigenvalue weighted by Crippen LogP contribution is -2.06. The highest BCUT2D eigenvalue weighted by atomic mass is 19.2. The predicted molar refractivity (Wildman–Crippen MR) is 70.5 cm³/mol. The average molecular weight is 282 g/mol. The molecule has 2 aromatic rings. The van der Waals surface area contributed by atoms with E-state index >= 15 is 0 Å². The molecule has 0 unspecified atom stereocenters. The topological polar surface area (TPSA) is 49.8 Å². The Morgan fingerprint density at radius 1 is 1.20 bits per heavy atom. The second kappa shape index (κ2) is 5.77. The number of hydrogen-bond acceptors (Lipinski definition) is 4. The molecule has 1 aromatic carbocycles. The molecule has 0 aliphatic rings. The summed E-state index contributed by atoms with van der Waals surface area (Å²) in [5.41, 5.74) is 0.308. The van der Waals surface area contributed by atoms with Crippen molar-refractivity contribution in [1.29, 1.82) is 0 Å². The van der Waals surface area contributed by atoms with Crippen LogP contribution in [0.15, 0.2) is 18.3 Å². The summed E-state index contributed by atoms with van der Waals surface area (Å²) in [5, 5.41) is 5.47. The molecule has 0 saturated heterocycles. The first-order valence-electron chi connectivity index (χ1n) is 6.00. The molecule has 0 aliphatic carbocycles. The van der Waals surface area contributed by atoms with Crippen molar-refractivity contribution in [2.24, 2.45) is 0 Å². The van der Waals surface area contributed by atoms with Gasteiger partial charge in [-0.15, -0.1) is 0 Å². The summed E-state index contributed by atoms with van der Waals surface area (Å²) >= 11 is 0. The summed E-state index contributed by atoms with van der Waals surface area (Å²) in [6.45, 7) is 4.19. The summed E-state index contributed by atoms with van der Waals surface area (Å²) in [4.78, 5) is 8.14. The molecule has 20 heavy (non-hydrogen) atoms. The molecule has 2 N–H and O–H groups in total. The summed E-state index contributed by atoms with van der Waals surface area (Å²) in [7, 11) is 0. The van der Waals surface area contributed by atoms with Gasteiger partial charge in [0.1, 0.15) is 11.6 Å². The highest BCUT2D eigenvalue weighted by Gasteiger charge is 2.13. The van der Waals surface area contributed by atoms with Gasteiger partial charge in [-0.05, 0) is 13.8 Å². The molecule has 0 spiro atoms. The Balaban J connectivity index is 2.36. The standard InChI is InChI=1S/C13H13F3N4/c1-3-17-13-18-6-7(2)12(20-13)19-10-5-8(14)4-9(15)11(10)16/h4-6H,3H2,1-2H3,(H2,17,18,19,20). The van der Waals surface area contributed by atoms with Gasteiger partial charge in [0.05, 0.1) is 5.69 Å². The number of nitrogens with one attached hydrogen (secondary N) is 2. The van der Waals surface area contributed by atoms with Gasteiger partial charge < -0.3 is 10.6 Å². The highest BCUT2D eigenvalue weighted by molar-refractivity contribution is 5.60. The van der Waals surface area contributed by atoms with Crippen molar-refractivity contribution in [3.05, 3.63) is 41.3 Å². The first kappa shape index (κ1) is 14.1. The zero-order chi connectivity index (χ0) is 14.7. The maximum Gasteiger partial charge on any atom is 0.224 e. The van der Waals surface area contributed by atoms with Gasteiger partial charge in [-0.1, -0.05) is 0 Å². The van der Waals surface area contributed by atoms with Gasteiger partial charge in [0.2, 0.25) is 5.95 Å². The molecule has 106 valence electrons. The number of anilines is 3. The van der Waals surface area contributed by atoms with Crippen molar-refractivity contribution in [3.8, 4) is 0 Å². The molecule has 1 heterocycles. The molecule has 0 bridgehead atoms. The highest BCUT2D eigenvalue weighted by Crippen LogP contribution is 2.24. The smallest absolute Gasteiger partial charge is 0.224 e. The molecule has 4 nitrogen and oxygen atoms in total. The van der Waals surface area contributed by atoms with E-state index in [1.165, 1.54) is 6.20 Å². The molecular weight excluding hydrogens is 269 g/mol. The van der Waals surface area contributed by atoms with Crippen molar-refractivity contribution >= 4 is 17.5 Å². The van der Waals surface area contributed by atoms with E-state index in [1.807, 2.05) is 6.92 Å². The third-order valence-electron chi connectivity index (χ3n) is 2.55. The number of rotatable bonds is 4. The van der Waals surface area contributed by atoms with E-state index in [-0.39, 0.29) is 11.5 Å². The Hall–Kier alpha value is -2.31. The molecule has 0 atom stereocenters. The van der Waals surface area contributed by atoms with Gasteiger partial charge >= 0.3 is 0 Å². The third-order valence-corrected chi connectivity index (χ3v) is 2.55. The number of aromatic nitrogens is 2. The predicted octanol–water partition coefficient (Wildman–Crippen LogP) is 3.38. The van der Waals surface area contributed by atoms with Crippen molar-refractivity contribution in [1.82, 2.24) is 9.97 Å². The van der Waals surface area contributed by atoms with Crippen molar-refractivity contribution in [3.63, 3.8) is 0 Å². The van der Waals surface area contributed by atoms with E-state index in [0.717, 1.165) is 6.07 Å². The minimum atomic E-state index is -1.26. The molecule has 7 heteroatoms. The summed E-state index contributed by atoms with van der Waals surface area (Å²) in [5.74, 6) is -2.66. The first-order valence-corrected chi connectivity index (χ1v) is 6.00. The van der Waals surface area contributed by atoms with Crippen LogP contribution in [0.2, 0.25) is 0 Å². The lowest BCUT2D eigenvalue weighted by molar-refractivity contribution is 0.498. The largest absolute Gasteiger partial charge is 0.354 e. The molecule has 2 rings (SSSR count). The second-order valence-corrected chi connectivity index (χ2v) is 4.13. The van der Waals surface area contributed by atoms with E-state index in [9.17, 15) is 13.2 Å². The van der Waals surface area contributed by atoms with Gasteiger partial charge in [-0.3, -0.25) is 0 Å². The van der Waals surface area contributed by atoms with Crippen LogP contribution in [0.4, 0.5) is 30.6 Å². The molecule has 0 saturated carbocycles. The molecule has 0 aliphatic heterocycles. The Bertz CT molecular complexity index is 631. The van der Waals surface area contributed by atoms with Crippen molar-refractivity contribution < 1.29 is 13.2 Å². The quantitative estimate of drug-likeness (QED) is 0.844. The van der Waals surface area contributed by atoms with Gasteiger partial charge in [-0.25, -0.2) is 18.2 Å². The monoisotopic (exact) mass is 282 g/mol. The Morgan fingerprint density at radius 3 is 2.65 bits per heavy atom. The molecule has 1 aromatic heterocycles. The first-order chi connectivity index (χ1) is 9.51. The maximum atomic E-state index is 13.6. The minimum Gasteiger partial charge on any atom is -0.354 e. The van der Waals surface area contributed by atoms with Crippen LogP contribution in [0.5, 0.6) is 0 Å². The minimum absolute atomic E-state index is 0.278. The third kappa shape index (κ3) is 2.98. The van der Waals surface area contributed by atoms with Crippen LogP contribution in [0, 0.1) is 24.4 Å². The number of halogens is 3. The number of aryl methyl sites for hydroxylation is 1. The number of nitrogens with zero attached hydrogens (tertiary/aromatic N) is 2. The number of hydrogen-bond donors (Lipinski definition) is 2. The Labute approximate surface area is 114 Å². The van der Waals surface area contributed by atoms with E-state index in [1.54, 1.807) is 6.92 Å². The fourth-order valence-corrected chi connectivity index (χ4v) is 1.59. The maximum absolute atomic E-state index is 13.6. The van der Waals surface area contributed by atoms with Crippen LogP contribution < -0.4 is 10.6 Å². The lowest BCUT2D eigenvalue weighted by Gasteiger charge is -2.11. The van der Waals surface area contributed by atoms with Crippen molar-refractivity contribution in [2.45, 2.75) is 13.8 Å². The Morgan fingerprint density at radius 2 is 1.95 bits per heavy atom. The fraction of sp³-hybridized carbons (Fsp3) is 0.231. The van der Waals surface area contributed by atoms with Crippen LogP contribution in [-0.2, 0) is 0 Å². The molecule has 0 amide bonds. The van der Waals surface area contributed by atoms with Crippen LogP contribution in [0.3, 0.4) is 0 Å². The average Bonchev–Trinajstić information content (AvgIpc) is 2.39. The van der Waals surface area contributed by atoms with Crippen molar-refractivity contribution in [2.75, 3.05) is 17.2 Å². The van der Waals surface area contributed by atoms with E-state index in [0.29, 0.717) is 24.1 Å². The van der Waals surface area contributed by atoms with Crippen LogP contribution in [-0.4, -0.2) is 16.5 Å². The molecule has 0 radical (unpaired) electrons. The Kier molecular flexibility index (Phi) is 4.07. The lowest BCUT2D eigenvalue weighted by atomic mass is 10.2. The zero-order valence-electron chi connectivity index (χ0n) is 11.0. The molecule has 0 fully saturated rings. The zero-order valence-corrected chi connectivity index (χ0v) is 11.0. The number of benzene rings is 1. The summed E-state index contributed by atoms with van der Waals surface area (Å²) < 4.78 is 39.8. The fourth-order valence-electron chi connectivity index (χ4n) is 1.59.